The zero-order valence-electron chi connectivity index (χ0n) is 77.8. The molecule has 0 saturated heterocycles. The molecule has 0 radical (unpaired) electrons. The first-order valence-corrected chi connectivity index (χ1v) is 55.8. The van der Waals surface area contributed by atoms with Crippen LogP contribution in [0.2, 0.25) is 34.7 Å². The third-order valence-electron chi connectivity index (χ3n) is 27.5. The van der Waals surface area contributed by atoms with Gasteiger partial charge in [-0.05, 0) is 314 Å². The molecule has 6 aliphatic rings. The van der Waals surface area contributed by atoms with Gasteiger partial charge in [-0.3, -0.25) is 0 Å². The lowest BCUT2D eigenvalue weighted by atomic mass is 9.98. The maximum absolute atomic E-state index is 7.21. The van der Waals surface area contributed by atoms with E-state index in [2.05, 4.69) is 182 Å². The number of thiophene rings is 8. The van der Waals surface area contributed by atoms with E-state index in [0.29, 0.717) is 188 Å². The highest BCUT2D eigenvalue weighted by atomic mass is 35.5. The van der Waals surface area contributed by atoms with Crippen LogP contribution in [-0.2, 0) is 0 Å². The summed E-state index contributed by atoms with van der Waals surface area (Å²) in [5.74, 6) is 5.56. The molecule has 0 fully saturated rings. The Balaban J connectivity index is 0.629. The van der Waals surface area contributed by atoms with Crippen LogP contribution in [0.25, 0.3) is 134 Å². The maximum atomic E-state index is 7.21. The highest BCUT2D eigenvalue weighted by Gasteiger charge is 2.37. The largest absolute Gasteiger partial charge is 0.457 e. The predicted molar refractivity (Wildman–Crippen MR) is 611 cm³/mol. The summed E-state index contributed by atoms with van der Waals surface area (Å²) in [4.78, 5) is 60.1. The van der Waals surface area contributed by atoms with Crippen LogP contribution in [0.5, 0.6) is 46.0 Å². The Hall–Kier alpha value is -11.6. The molecule has 11 aromatic heterocycles. The lowest BCUT2D eigenvalue weighted by molar-refractivity contribution is 0.484. The molecule has 8 aromatic carbocycles. The van der Waals surface area contributed by atoms with Gasteiger partial charge in [-0.2, -0.15) is 0 Å². The molecular formula is C112H78Cl8N12O4S8. The Labute approximate surface area is 900 Å². The number of aromatic amines is 2. The van der Waals surface area contributed by atoms with E-state index in [9.17, 15) is 0 Å². The van der Waals surface area contributed by atoms with Gasteiger partial charge in [0, 0.05) is 136 Å². The number of ether oxygens (including phenoxy) is 4. The van der Waals surface area contributed by atoms with Crippen molar-refractivity contribution in [1.82, 2.24) is 39.9 Å². The Bertz CT molecular complexity index is 8180. The first-order valence-electron chi connectivity index (χ1n) is 46.2. The van der Waals surface area contributed by atoms with Crippen molar-refractivity contribution in [3.05, 3.63) is 337 Å². The fourth-order valence-electron chi connectivity index (χ4n) is 20.8. The smallest absolute Gasteiger partial charge is 0.168 e. The molecule has 0 atom stereocenters. The van der Waals surface area contributed by atoms with Crippen LogP contribution in [0.3, 0.4) is 0 Å². The molecule has 8 bridgehead atoms. The molecule has 16 nitrogen and oxygen atoms in total. The molecule has 144 heavy (non-hydrogen) atoms. The molecule has 25 rings (SSSR count). The number of rotatable bonds is 20. The molecular weight excluding hydrogens is 2120 g/mol. The van der Waals surface area contributed by atoms with Gasteiger partial charge in [-0.15, -0.1) is 90.7 Å². The second-order valence-electron chi connectivity index (χ2n) is 36.1. The van der Waals surface area contributed by atoms with Gasteiger partial charge < -0.3 is 48.5 Å². The summed E-state index contributed by atoms with van der Waals surface area (Å²) in [7, 11) is 0. The van der Waals surface area contributed by atoms with Gasteiger partial charge >= 0.3 is 0 Å². The number of anilines is 4. The molecule has 0 aliphatic carbocycles. The number of nitrogens with one attached hydrogen (secondary N) is 2. The summed E-state index contributed by atoms with van der Waals surface area (Å²) in [6, 6.07) is 73.3. The molecule has 32 heteroatoms. The average Bonchev–Trinajstić information content (AvgIpc) is 1.56. The molecule has 0 spiro atoms. The fraction of sp³-hybridized carbons (Fsp3) is 0.143. The van der Waals surface area contributed by atoms with E-state index in [-0.39, 0.29) is 0 Å². The number of fused-ring (bicyclic) bond motifs is 20. The fourth-order valence-corrected chi connectivity index (χ4v) is 30.5. The predicted octanol–water partition coefficient (Wildman–Crippen LogP) is 35.9. The highest BCUT2D eigenvalue weighted by molar-refractivity contribution is 7.19. The second-order valence-corrected chi connectivity index (χ2v) is 51.2. The van der Waals surface area contributed by atoms with Gasteiger partial charge in [0.1, 0.15) is 68.6 Å². The molecule has 0 unspecified atom stereocenters. The van der Waals surface area contributed by atoms with Crippen LogP contribution in [-0.4, -0.2) is 92.2 Å². The minimum Gasteiger partial charge on any atom is -0.457 e. The average molecular weight is 2200 g/mol. The van der Waals surface area contributed by atoms with E-state index in [1.807, 2.05) is 121 Å². The Morgan fingerprint density at radius 3 is 0.660 bits per heavy atom. The number of H-pyrrole nitrogens is 2. The summed E-state index contributed by atoms with van der Waals surface area (Å²) >= 11 is 66.7. The quantitative estimate of drug-likeness (QED) is 0.0742. The van der Waals surface area contributed by atoms with Crippen molar-refractivity contribution >= 4 is 295 Å². The van der Waals surface area contributed by atoms with E-state index in [4.69, 9.17) is 142 Å². The number of benzene rings is 8. The molecule has 0 saturated carbocycles. The summed E-state index contributed by atoms with van der Waals surface area (Å²) in [6.45, 7) is 22.4. The number of aryl methyl sites for hydroxylation is 8. The van der Waals surface area contributed by atoms with Crippen molar-refractivity contribution in [3.8, 4) is 91.5 Å². The molecule has 2 N–H and O–H groups in total. The van der Waals surface area contributed by atoms with Crippen LogP contribution in [0.4, 0.5) is 22.7 Å². The zero-order valence-corrected chi connectivity index (χ0v) is 90.4. The third-order valence-corrected chi connectivity index (χ3v) is 36.9. The molecule has 0 amide bonds. The first-order chi connectivity index (χ1) is 69.8. The lowest BCUT2D eigenvalue weighted by Gasteiger charge is -2.20. The van der Waals surface area contributed by atoms with Crippen LogP contribution < -0.4 is 38.5 Å². The number of hydrogen-bond donors (Lipinski definition) is 2. The van der Waals surface area contributed by atoms with E-state index >= 15 is 0 Å². The molecule has 714 valence electrons. The first kappa shape index (κ1) is 93.5. The third kappa shape index (κ3) is 17.2. The topological polar surface area (TPSA) is 159 Å². The van der Waals surface area contributed by atoms with E-state index in [1.165, 1.54) is 44.6 Å². The van der Waals surface area contributed by atoms with Crippen molar-refractivity contribution in [3.63, 3.8) is 0 Å². The van der Waals surface area contributed by atoms with Gasteiger partial charge in [-0.25, -0.2) is 29.9 Å². The van der Waals surface area contributed by atoms with Gasteiger partial charge in [0.05, 0.1) is 56.6 Å². The summed E-state index contributed by atoms with van der Waals surface area (Å²) in [6.07, 6.45) is 0. The molecule has 17 heterocycles. The van der Waals surface area contributed by atoms with Crippen molar-refractivity contribution < 1.29 is 18.9 Å². The van der Waals surface area contributed by atoms with Crippen molar-refractivity contribution in [2.45, 2.75) is 55.4 Å². The van der Waals surface area contributed by atoms with Crippen LogP contribution in [0.15, 0.2) is 218 Å². The standard InChI is InChI=1S/C112H78Cl8N12O4S8/c1-53-73(37-93(113)137-53)81-45-129(46-82(81)74-38-94(114)138-54(74)2)61-21-29-65(30-22-61)133-89-17-9-13-69-101(89)109-121-105(69)126-110-103-71(15-11-19-91(103)135-67-33-25-63(26-34-67)131-49-85(77-41-97(117)141-57(77)5)86(50-131)78-42-98(118)142-58(78)6)107(123-110)128-112-104-72(16-12-20-92(104)136-68-35-27-64(28-36-68)132-51-87(79-43-99(119)143-59(79)7)88(52-132)80-44-100(120)144-60(80)8)108(124-112)127-111-102-70(106(122-111)125-109)14-10-18-90(102)134-66-31-23-62(24-32-66)130-47-83(75-39-95(115)139-55(75)3)84(48-130)76-40-96(116)140-56(76)4/h9-44H,45-52H2,1-8H3,(H2,121,122,123,124,125,126,127,128). The van der Waals surface area contributed by atoms with Gasteiger partial charge in [0.15, 0.2) is 23.3 Å². The van der Waals surface area contributed by atoms with Crippen molar-refractivity contribution in [2.75, 3.05) is 72.0 Å². The normalized spacial score (nSPS) is 14.3. The SMILES string of the molecule is Cc1sc(Cl)cc1C1=C(c2cc(Cl)sc2C)CN(c2ccc(Oc3cccc4c3-c3nc-4nc4[nH]c(nc5nc(nc6[nH]c(n3)c3cccc(Oc7ccc(N8CC(c9cc(Cl)sc9C)=C(c9cc(Cl)sc9C)C8)cc7)c63)-c3cccc(Oc6ccc(N7CC(c8cc(Cl)sc8C)=C(c8cc(Cl)sc8C)C7)cc6)c3-5)c3cccc(Oc5ccc(N6CC(c7cc(Cl)sc7C)=C(c7cc(Cl)sc7C)C6)cc5)c43)cc2)C1. The van der Waals surface area contributed by atoms with E-state index in [0.717, 1.165) is 141 Å². The summed E-state index contributed by atoms with van der Waals surface area (Å²) in [5.41, 5.74) is 27.1. The van der Waals surface area contributed by atoms with Crippen LogP contribution >= 0.6 is 184 Å². The minimum absolute atomic E-state index is 0.305. The lowest BCUT2D eigenvalue weighted by Crippen LogP contribution is -2.20. The minimum atomic E-state index is 0.305. The highest BCUT2D eigenvalue weighted by Crippen LogP contribution is 2.54. The number of hydrogen-bond acceptors (Lipinski definition) is 22. The number of aromatic nitrogens is 8. The number of nitrogens with zero attached hydrogens (tertiary/aromatic N) is 10. The van der Waals surface area contributed by atoms with E-state index in [1.54, 1.807) is 90.7 Å². The summed E-state index contributed by atoms with van der Waals surface area (Å²) in [5, 5.41) is 2.58. The Kier molecular flexibility index (Phi) is 24.3. The van der Waals surface area contributed by atoms with Gasteiger partial charge in [0.2, 0.25) is 0 Å². The Morgan fingerprint density at radius 2 is 0.438 bits per heavy atom. The Morgan fingerprint density at radius 1 is 0.229 bits per heavy atom. The van der Waals surface area contributed by atoms with Crippen molar-refractivity contribution in [1.29, 1.82) is 0 Å². The summed E-state index contributed by atoms with van der Waals surface area (Å²) < 4.78 is 34.8. The second kappa shape index (κ2) is 37.4. The van der Waals surface area contributed by atoms with Gasteiger partial charge in [0.25, 0.3) is 0 Å². The van der Waals surface area contributed by atoms with Crippen molar-refractivity contribution in [2.24, 2.45) is 0 Å². The molecule has 19 aromatic rings. The maximum Gasteiger partial charge on any atom is 0.168 e. The zero-order chi connectivity index (χ0) is 98.2. The van der Waals surface area contributed by atoms with Gasteiger partial charge in [-0.1, -0.05) is 141 Å². The number of halogens is 8. The van der Waals surface area contributed by atoms with Crippen LogP contribution in [0, 0.1) is 55.4 Å². The molecule has 6 aliphatic heterocycles. The monoisotopic (exact) mass is 2190 g/mol. The van der Waals surface area contributed by atoms with E-state index < -0.39 is 0 Å². The van der Waals surface area contributed by atoms with Crippen LogP contribution in [0.1, 0.15) is 83.5 Å².